The maximum atomic E-state index is 12.3. The van der Waals surface area contributed by atoms with Gasteiger partial charge < -0.3 is 4.74 Å². The molecule has 1 aromatic carbocycles. The lowest BCUT2D eigenvalue weighted by Gasteiger charge is -2.31. The minimum Gasteiger partial charge on any atom is -0.462 e. The maximum absolute atomic E-state index is 12.3. The molecule has 0 N–H and O–H groups in total. The normalized spacial score (nSPS) is 12.3. The first-order valence-corrected chi connectivity index (χ1v) is 7.25. The van der Waals surface area contributed by atoms with Crippen LogP contribution in [0.3, 0.4) is 0 Å². The molecular formula is C18H28O2. The van der Waals surface area contributed by atoms with Crippen LogP contribution in [0.2, 0.25) is 0 Å². The molecule has 0 aliphatic carbocycles. The Morgan fingerprint density at radius 1 is 1.05 bits per heavy atom. The third-order valence-corrected chi connectivity index (χ3v) is 3.29. The van der Waals surface area contributed by atoms with Gasteiger partial charge in [-0.1, -0.05) is 52.8 Å². The number of ether oxygens (including phenoxy) is 1. The van der Waals surface area contributed by atoms with Crippen molar-refractivity contribution in [2.24, 2.45) is 10.8 Å². The van der Waals surface area contributed by atoms with E-state index in [1.807, 2.05) is 32.0 Å². The maximum Gasteiger partial charge on any atom is 0.338 e. The summed E-state index contributed by atoms with van der Waals surface area (Å²) in [6.07, 6.45) is 1.01. The van der Waals surface area contributed by atoms with Crippen molar-refractivity contribution in [3.8, 4) is 0 Å². The summed E-state index contributed by atoms with van der Waals surface area (Å²) in [4.78, 5) is 12.3. The van der Waals surface area contributed by atoms with E-state index in [9.17, 15) is 4.79 Å². The van der Waals surface area contributed by atoms with Gasteiger partial charge in [0.15, 0.2) is 0 Å². The standard InChI is InChI=1S/C18H28O2/c1-13-9-8-10-14(2)15(13)16(19)20-12-18(6,7)11-17(3,4)5/h8-10H,11-12H2,1-7H3. The van der Waals surface area contributed by atoms with Gasteiger partial charge in [0.05, 0.1) is 12.2 Å². The molecule has 0 fully saturated rings. The van der Waals surface area contributed by atoms with E-state index in [0.717, 1.165) is 17.5 Å². The average molecular weight is 276 g/mol. The first-order valence-electron chi connectivity index (χ1n) is 7.25. The SMILES string of the molecule is Cc1cccc(C)c1C(=O)OCC(C)(C)CC(C)(C)C. The van der Waals surface area contributed by atoms with Crippen LogP contribution < -0.4 is 0 Å². The number of hydrogen-bond acceptors (Lipinski definition) is 2. The number of hydrogen-bond donors (Lipinski definition) is 0. The molecule has 2 nitrogen and oxygen atoms in total. The number of aryl methyl sites for hydroxylation is 2. The molecule has 0 aliphatic rings. The van der Waals surface area contributed by atoms with Crippen LogP contribution >= 0.6 is 0 Å². The number of carbonyl (C=O) groups excluding carboxylic acids is 1. The minimum absolute atomic E-state index is 0.00942. The van der Waals surface area contributed by atoms with Gasteiger partial charge in [0.25, 0.3) is 0 Å². The summed E-state index contributed by atoms with van der Waals surface area (Å²) in [5.74, 6) is -0.206. The molecule has 0 atom stereocenters. The molecule has 0 radical (unpaired) electrons. The van der Waals surface area contributed by atoms with Crippen molar-refractivity contribution in [2.75, 3.05) is 6.61 Å². The van der Waals surface area contributed by atoms with Crippen LogP contribution in [0, 0.1) is 24.7 Å². The number of carbonyl (C=O) groups is 1. The predicted octanol–water partition coefficient (Wildman–Crippen LogP) is 4.92. The first kappa shape index (κ1) is 16.7. The van der Waals surface area contributed by atoms with Gasteiger partial charge in [-0.2, -0.15) is 0 Å². The van der Waals surface area contributed by atoms with E-state index >= 15 is 0 Å². The van der Waals surface area contributed by atoms with Crippen molar-refractivity contribution < 1.29 is 9.53 Å². The number of esters is 1. The molecule has 0 saturated carbocycles. The van der Waals surface area contributed by atoms with Crippen LogP contribution in [0.5, 0.6) is 0 Å². The molecule has 0 heterocycles. The Morgan fingerprint density at radius 3 is 2.00 bits per heavy atom. The molecule has 20 heavy (non-hydrogen) atoms. The van der Waals surface area contributed by atoms with Crippen molar-refractivity contribution >= 4 is 5.97 Å². The lowest BCUT2D eigenvalue weighted by molar-refractivity contribution is 0.0263. The average Bonchev–Trinajstić information content (AvgIpc) is 2.23. The Morgan fingerprint density at radius 2 is 1.55 bits per heavy atom. The summed E-state index contributed by atoms with van der Waals surface area (Å²) < 4.78 is 5.56. The molecule has 0 bridgehead atoms. The van der Waals surface area contributed by atoms with Crippen molar-refractivity contribution in [1.29, 1.82) is 0 Å². The van der Waals surface area contributed by atoms with Crippen LogP contribution in [0.1, 0.15) is 62.5 Å². The van der Waals surface area contributed by atoms with E-state index < -0.39 is 0 Å². The zero-order valence-corrected chi connectivity index (χ0v) is 14.0. The van der Waals surface area contributed by atoms with Gasteiger partial charge in [-0.25, -0.2) is 4.79 Å². The van der Waals surface area contributed by atoms with E-state index in [0.29, 0.717) is 12.2 Å². The second kappa shape index (κ2) is 5.99. The van der Waals surface area contributed by atoms with Crippen LogP contribution in [-0.4, -0.2) is 12.6 Å². The highest BCUT2D eigenvalue weighted by atomic mass is 16.5. The molecule has 2 heteroatoms. The van der Waals surface area contributed by atoms with Gasteiger partial charge in [-0.15, -0.1) is 0 Å². The lowest BCUT2D eigenvalue weighted by atomic mass is 9.77. The molecule has 0 saturated heterocycles. The third kappa shape index (κ3) is 4.99. The van der Waals surface area contributed by atoms with E-state index in [4.69, 9.17) is 4.74 Å². The highest BCUT2D eigenvalue weighted by molar-refractivity contribution is 5.92. The highest BCUT2D eigenvalue weighted by Crippen LogP contribution is 2.33. The fraction of sp³-hybridized carbons (Fsp3) is 0.611. The lowest BCUT2D eigenvalue weighted by Crippen LogP contribution is -2.27. The summed E-state index contributed by atoms with van der Waals surface area (Å²) in [7, 11) is 0. The third-order valence-electron chi connectivity index (χ3n) is 3.29. The summed E-state index contributed by atoms with van der Waals surface area (Å²) in [6.45, 7) is 15.3. The molecule has 1 aromatic rings. The zero-order valence-electron chi connectivity index (χ0n) is 14.0. The molecule has 1 rings (SSSR count). The zero-order chi connectivity index (χ0) is 15.6. The number of benzene rings is 1. The van der Waals surface area contributed by atoms with Gasteiger partial charge in [-0.05, 0) is 42.2 Å². The van der Waals surface area contributed by atoms with Crippen LogP contribution in [0.15, 0.2) is 18.2 Å². The first-order chi connectivity index (χ1) is 9.02. The van der Waals surface area contributed by atoms with Crippen molar-refractivity contribution in [1.82, 2.24) is 0 Å². The Bertz CT molecular complexity index is 458. The van der Waals surface area contributed by atoms with Gasteiger partial charge in [-0.3, -0.25) is 0 Å². The molecule has 0 spiro atoms. The van der Waals surface area contributed by atoms with E-state index in [2.05, 4.69) is 34.6 Å². The van der Waals surface area contributed by atoms with E-state index in [-0.39, 0.29) is 16.8 Å². The van der Waals surface area contributed by atoms with Crippen LogP contribution in [0.4, 0.5) is 0 Å². The Balaban J connectivity index is 2.73. The van der Waals surface area contributed by atoms with Gasteiger partial charge in [0, 0.05) is 0 Å². The summed E-state index contributed by atoms with van der Waals surface area (Å²) in [5.41, 5.74) is 2.88. The monoisotopic (exact) mass is 276 g/mol. The Labute approximate surface area is 123 Å². The van der Waals surface area contributed by atoms with Crippen molar-refractivity contribution in [3.63, 3.8) is 0 Å². The second-order valence-corrected chi connectivity index (χ2v) is 7.74. The molecule has 0 unspecified atom stereocenters. The van der Waals surface area contributed by atoms with Crippen molar-refractivity contribution in [3.05, 3.63) is 34.9 Å². The summed E-state index contributed by atoms with van der Waals surface area (Å²) in [6, 6.07) is 5.86. The molecule has 0 aliphatic heterocycles. The molecular weight excluding hydrogens is 248 g/mol. The second-order valence-electron chi connectivity index (χ2n) is 7.74. The van der Waals surface area contributed by atoms with Gasteiger partial charge in [0.2, 0.25) is 0 Å². The Kier molecular flexibility index (Phi) is 5.01. The Hall–Kier alpha value is -1.31. The minimum atomic E-state index is -0.206. The van der Waals surface area contributed by atoms with E-state index in [1.165, 1.54) is 0 Å². The fourth-order valence-corrected chi connectivity index (χ4v) is 2.96. The largest absolute Gasteiger partial charge is 0.462 e. The quantitative estimate of drug-likeness (QED) is 0.729. The molecule has 0 aromatic heterocycles. The van der Waals surface area contributed by atoms with E-state index in [1.54, 1.807) is 0 Å². The molecule has 0 amide bonds. The topological polar surface area (TPSA) is 26.3 Å². The highest BCUT2D eigenvalue weighted by Gasteiger charge is 2.27. The fourth-order valence-electron chi connectivity index (χ4n) is 2.96. The van der Waals surface area contributed by atoms with Gasteiger partial charge in [0.1, 0.15) is 0 Å². The van der Waals surface area contributed by atoms with Crippen LogP contribution in [0.25, 0.3) is 0 Å². The van der Waals surface area contributed by atoms with Crippen molar-refractivity contribution in [2.45, 2.75) is 54.9 Å². The smallest absolute Gasteiger partial charge is 0.338 e. The summed E-state index contributed by atoms with van der Waals surface area (Å²) in [5, 5.41) is 0. The summed E-state index contributed by atoms with van der Waals surface area (Å²) >= 11 is 0. The predicted molar refractivity (Wildman–Crippen MR) is 84.1 cm³/mol. The van der Waals surface area contributed by atoms with Crippen LogP contribution in [-0.2, 0) is 4.74 Å². The van der Waals surface area contributed by atoms with Gasteiger partial charge >= 0.3 is 5.97 Å². The number of rotatable bonds is 4. The molecule has 112 valence electrons.